The van der Waals surface area contributed by atoms with E-state index in [0.29, 0.717) is 17.5 Å². The highest BCUT2D eigenvalue weighted by Gasteiger charge is 2.17. The molecule has 0 fully saturated rings. The Balaban J connectivity index is 1.71. The third-order valence-electron chi connectivity index (χ3n) is 4.81. The Kier molecular flexibility index (Phi) is 7.97. The van der Waals surface area contributed by atoms with E-state index in [1.807, 2.05) is 33.0 Å². The summed E-state index contributed by atoms with van der Waals surface area (Å²) in [4.78, 5) is 17.8. The zero-order valence-corrected chi connectivity index (χ0v) is 19.4. The average molecular weight is 461 g/mol. The normalized spacial score (nSPS) is 12.1. The fourth-order valence-corrected chi connectivity index (χ4v) is 4.34. The van der Waals surface area contributed by atoms with Gasteiger partial charge >= 0.3 is 0 Å². The van der Waals surface area contributed by atoms with Gasteiger partial charge in [-0.2, -0.15) is 4.98 Å². The summed E-state index contributed by atoms with van der Waals surface area (Å²) in [5.74, 6) is 1.08. The maximum Gasteiger partial charge on any atom is 0.268 e. The second-order valence-electron chi connectivity index (χ2n) is 7.54. The summed E-state index contributed by atoms with van der Waals surface area (Å²) in [6.45, 7) is 6.05. The molecule has 1 atom stereocenters. The number of nitrogens with zero attached hydrogens (tertiary/aromatic N) is 2. The van der Waals surface area contributed by atoms with Gasteiger partial charge < -0.3 is 30.1 Å². The molecule has 2 heterocycles. The van der Waals surface area contributed by atoms with Crippen LogP contribution in [0.2, 0.25) is 0 Å². The highest BCUT2D eigenvalue weighted by molar-refractivity contribution is 7.15. The fraction of sp³-hybridized carbons (Fsp3) is 0.409. The molecular weight excluding hydrogens is 432 g/mol. The molecule has 4 N–H and O–H groups in total. The molecule has 9 nitrogen and oxygen atoms in total. The van der Waals surface area contributed by atoms with Gasteiger partial charge in [0.15, 0.2) is 0 Å². The van der Waals surface area contributed by atoms with Gasteiger partial charge in [0.2, 0.25) is 11.7 Å². The number of thiophene rings is 1. The number of carbonyl (C=O) groups excluding carboxylic acids is 1. The van der Waals surface area contributed by atoms with Crippen molar-refractivity contribution in [2.75, 3.05) is 26.8 Å². The standard InChI is InChI=1S/C22H28N4O5S/c1-12-7-17(32-18(12)9-23-4)22-25-21(26-31-22)15-5-13(2)20(14(3)6-15)30-11-16(28)8-24-19(29)10-27/h5-7,16,23,27-28H,8-11H2,1-4H3,(H,24,29)/t16-/m1/s1. The van der Waals surface area contributed by atoms with E-state index < -0.39 is 18.6 Å². The number of hydrogen-bond acceptors (Lipinski definition) is 9. The summed E-state index contributed by atoms with van der Waals surface area (Å²) in [6.07, 6.45) is -0.897. The molecule has 3 rings (SSSR count). The second-order valence-corrected chi connectivity index (χ2v) is 8.67. The number of amides is 1. The van der Waals surface area contributed by atoms with Crippen LogP contribution in [-0.2, 0) is 11.3 Å². The van der Waals surface area contributed by atoms with Crippen molar-refractivity contribution in [2.24, 2.45) is 0 Å². The second kappa shape index (κ2) is 10.7. The fourth-order valence-electron chi connectivity index (χ4n) is 3.24. The molecule has 10 heteroatoms. The monoisotopic (exact) mass is 460 g/mol. The van der Waals surface area contributed by atoms with E-state index in [-0.39, 0.29) is 13.2 Å². The molecule has 3 aromatic rings. The van der Waals surface area contributed by atoms with Crippen LogP contribution in [-0.4, -0.2) is 59.2 Å². The van der Waals surface area contributed by atoms with Crippen LogP contribution in [0.5, 0.6) is 5.75 Å². The zero-order valence-electron chi connectivity index (χ0n) is 18.6. The molecule has 0 aliphatic carbocycles. The average Bonchev–Trinajstić information content (AvgIpc) is 3.39. The molecule has 0 saturated carbocycles. The minimum absolute atomic E-state index is 0.000560. The predicted octanol–water partition coefficient (Wildman–Crippen LogP) is 1.96. The van der Waals surface area contributed by atoms with Gasteiger partial charge in [-0.15, -0.1) is 11.3 Å². The lowest BCUT2D eigenvalue weighted by molar-refractivity contribution is -0.124. The number of benzene rings is 1. The van der Waals surface area contributed by atoms with E-state index in [4.69, 9.17) is 14.4 Å². The van der Waals surface area contributed by atoms with Crippen LogP contribution in [0.3, 0.4) is 0 Å². The number of nitrogens with one attached hydrogen (secondary N) is 2. The summed E-state index contributed by atoms with van der Waals surface area (Å²) in [5, 5.41) is 28.4. The molecule has 172 valence electrons. The van der Waals surface area contributed by atoms with E-state index in [1.165, 1.54) is 10.4 Å². The van der Waals surface area contributed by atoms with E-state index >= 15 is 0 Å². The Morgan fingerprint density at radius 3 is 2.59 bits per heavy atom. The molecule has 32 heavy (non-hydrogen) atoms. The Bertz CT molecular complexity index is 1060. The molecule has 1 aromatic carbocycles. The number of ether oxygens (including phenoxy) is 1. The summed E-state index contributed by atoms with van der Waals surface area (Å²) in [7, 11) is 1.91. The SMILES string of the molecule is CNCc1sc(-c2nc(-c3cc(C)c(OC[C@H](O)CNC(=O)CO)c(C)c3)no2)cc1C. The number of rotatable bonds is 10. The number of hydrogen-bond donors (Lipinski definition) is 4. The number of aromatic nitrogens is 2. The van der Waals surface area contributed by atoms with Crippen molar-refractivity contribution >= 4 is 17.2 Å². The summed E-state index contributed by atoms with van der Waals surface area (Å²) in [5.41, 5.74) is 3.72. The molecular formula is C22H28N4O5S. The van der Waals surface area contributed by atoms with Crippen LogP contribution in [0.15, 0.2) is 22.7 Å². The largest absolute Gasteiger partial charge is 0.490 e. The van der Waals surface area contributed by atoms with Gasteiger partial charge in [0, 0.05) is 23.5 Å². The van der Waals surface area contributed by atoms with Gasteiger partial charge in [-0.05, 0) is 62.7 Å². The van der Waals surface area contributed by atoms with Crippen LogP contribution in [0, 0.1) is 20.8 Å². The molecule has 0 unspecified atom stereocenters. The van der Waals surface area contributed by atoms with Crippen LogP contribution in [0.1, 0.15) is 21.6 Å². The molecule has 0 spiro atoms. The van der Waals surface area contributed by atoms with Crippen LogP contribution < -0.4 is 15.4 Å². The Hall–Kier alpha value is -2.79. The number of carbonyl (C=O) groups is 1. The van der Waals surface area contributed by atoms with Crippen molar-refractivity contribution < 1.29 is 24.3 Å². The number of aliphatic hydroxyl groups excluding tert-OH is 2. The van der Waals surface area contributed by atoms with E-state index in [1.54, 1.807) is 11.3 Å². The maximum absolute atomic E-state index is 11.1. The molecule has 0 aliphatic rings. The first-order valence-corrected chi connectivity index (χ1v) is 11.0. The molecule has 0 bridgehead atoms. The first-order chi connectivity index (χ1) is 15.3. The summed E-state index contributed by atoms with van der Waals surface area (Å²) in [6, 6.07) is 5.86. The first-order valence-electron chi connectivity index (χ1n) is 10.2. The van der Waals surface area contributed by atoms with E-state index in [2.05, 4.69) is 33.8 Å². The topological polar surface area (TPSA) is 130 Å². The van der Waals surface area contributed by atoms with Gasteiger partial charge in [0.05, 0.1) is 4.88 Å². The molecule has 2 aromatic heterocycles. The van der Waals surface area contributed by atoms with Crippen molar-refractivity contribution in [3.63, 3.8) is 0 Å². The lowest BCUT2D eigenvalue weighted by Gasteiger charge is -2.16. The lowest BCUT2D eigenvalue weighted by atomic mass is 10.1. The summed E-state index contributed by atoms with van der Waals surface area (Å²) >= 11 is 1.63. The highest BCUT2D eigenvalue weighted by atomic mass is 32.1. The van der Waals surface area contributed by atoms with Crippen LogP contribution in [0.4, 0.5) is 0 Å². The Morgan fingerprint density at radius 2 is 1.94 bits per heavy atom. The third kappa shape index (κ3) is 5.71. The van der Waals surface area contributed by atoms with Crippen LogP contribution in [0.25, 0.3) is 22.2 Å². The van der Waals surface area contributed by atoms with Gasteiger partial charge in [-0.3, -0.25) is 4.79 Å². The molecule has 0 aliphatic heterocycles. The quantitative estimate of drug-likeness (QED) is 0.361. The Morgan fingerprint density at radius 1 is 1.22 bits per heavy atom. The number of aryl methyl sites for hydroxylation is 3. The van der Waals surface area contributed by atoms with Crippen molar-refractivity contribution in [1.82, 2.24) is 20.8 Å². The maximum atomic E-state index is 11.1. The smallest absolute Gasteiger partial charge is 0.268 e. The van der Waals surface area contributed by atoms with Gasteiger partial charge in [0.1, 0.15) is 25.1 Å². The third-order valence-corrected chi connectivity index (χ3v) is 6.04. The molecule has 0 radical (unpaired) electrons. The lowest BCUT2D eigenvalue weighted by Crippen LogP contribution is -2.36. The number of aliphatic hydroxyl groups is 2. The summed E-state index contributed by atoms with van der Waals surface area (Å²) < 4.78 is 11.3. The highest BCUT2D eigenvalue weighted by Crippen LogP contribution is 2.33. The van der Waals surface area contributed by atoms with Crippen molar-refractivity contribution in [1.29, 1.82) is 0 Å². The molecule has 0 saturated heterocycles. The van der Waals surface area contributed by atoms with Crippen LogP contribution >= 0.6 is 11.3 Å². The van der Waals surface area contributed by atoms with E-state index in [0.717, 1.165) is 28.1 Å². The van der Waals surface area contributed by atoms with Gasteiger partial charge in [-0.1, -0.05) is 5.16 Å². The van der Waals surface area contributed by atoms with Gasteiger partial charge in [0.25, 0.3) is 5.89 Å². The minimum Gasteiger partial charge on any atom is -0.490 e. The predicted molar refractivity (Wildman–Crippen MR) is 122 cm³/mol. The van der Waals surface area contributed by atoms with E-state index in [9.17, 15) is 9.90 Å². The van der Waals surface area contributed by atoms with Crippen molar-refractivity contribution in [3.8, 4) is 27.9 Å². The molecule has 1 amide bonds. The minimum atomic E-state index is -0.897. The first kappa shape index (κ1) is 23.9. The van der Waals surface area contributed by atoms with Gasteiger partial charge in [-0.25, -0.2) is 0 Å². The zero-order chi connectivity index (χ0) is 23.3. The Labute approximate surface area is 190 Å². The van der Waals surface area contributed by atoms with Crippen molar-refractivity contribution in [2.45, 2.75) is 33.4 Å². The van der Waals surface area contributed by atoms with Crippen molar-refractivity contribution in [3.05, 3.63) is 39.8 Å².